The predicted molar refractivity (Wildman–Crippen MR) is 65.3 cm³/mol. The lowest BCUT2D eigenvalue weighted by Gasteiger charge is -2.18. The molecule has 1 saturated carbocycles. The van der Waals surface area contributed by atoms with Gasteiger partial charge in [-0.1, -0.05) is 30.2 Å². The summed E-state index contributed by atoms with van der Waals surface area (Å²) in [6, 6.07) is 8.97. The quantitative estimate of drug-likeness (QED) is 0.830. The van der Waals surface area contributed by atoms with E-state index in [0.29, 0.717) is 6.04 Å². The van der Waals surface area contributed by atoms with Gasteiger partial charge in [-0.2, -0.15) is 0 Å². The number of hydrogen-bond acceptors (Lipinski definition) is 1. The molecule has 1 fully saturated rings. The zero-order chi connectivity index (χ0) is 10.7. The molecule has 15 heavy (non-hydrogen) atoms. The molecule has 0 spiro atoms. The van der Waals surface area contributed by atoms with E-state index in [4.69, 9.17) is 11.6 Å². The Labute approximate surface area is 96.8 Å². The Morgan fingerprint density at radius 2 is 2.00 bits per heavy atom. The third-order valence-electron chi connectivity index (χ3n) is 3.44. The van der Waals surface area contributed by atoms with Crippen molar-refractivity contribution in [3.05, 3.63) is 34.9 Å². The van der Waals surface area contributed by atoms with E-state index < -0.39 is 0 Å². The molecule has 0 heterocycles. The average Bonchev–Trinajstić information content (AvgIpc) is 2.69. The lowest BCUT2D eigenvalue weighted by Crippen LogP contribution is -2.29. The molecule has 2 atom stereocenters. The zero-order valence-electron chi connectivity index (χ0n) is 9.17. The molecule has 0 amide bonds. The smallest absolute Gasteiger partial charge is 0.0406 e. The first kappa shape index (κ1) is 11.0. The molecule has 1 N–H and O–H groups in total. The highest BCUT2D eigenvalue weighted by Gasteiger charge is 2.25. The third kappa shape index (κ3) is 2.73. The van der Waals surface area contributed by atoms with Crippen LogP contribution in [0.2, 0.25) is 5.02 Å². The Balaban J connectivity index is 1.99. The topological polar surface area (TPSA) is 12.0 Å². The first-order chi connectivity index (χ1) is 7.29. The van der Waals surface area contributed by atoms with Crippen LogP contribution in [0, 0.1) is 5.92 Å². The minimum Gasteiger partial charge on any atom is -0.317 e. The van der Waals surface area contributed by atoms with Crippen LogP contribution in [0.15, 0.2) is 24.3 Å². The van der Waals surface area contributed by atoms with Gasteiger partial charge in [-0.3, -0.25) is 0 Å². The van der Waals surface area contributed by atoms with Crippen molar-refractivity contribution >= 4 is 11.6 Å². The summed E-state index contributed by atoms with van der Waals surface area (Å²) in [4.78, 5) is 0. The maximum absolute atomic E-state index is 5.87. The summed E-state index contributed by atoms with van der Waals surface area (Å²) < 4.78 is 0. The largest absolute Gasteiger partial charge is 0.317 e. The van der Waals surface area contributed by atoms with Gasteiger partial charge in [0.15, 0.2) is 0 Å². The van der Waals surface area contributed by atoms with Crippen molar-refractivity contribution in [2.45, 2.75) is 31.7 Å². The van der Waals surface area contributed by atoms with Crippen LogP contribution in [0.4, 0.5) is 0 Å². The van der Waals surface area contributed by atoms with E-state index >= 15 is 0 Å². The Morgan fingerprint density at radius 1 is 1.27 bits per heavy atom. The Kier molecular flexibility index (Phi) is 3.66. The lowest BCUT2D eigenvalue weighted by atomic mass is 9.95. The van der Waals surface area contributed by atoms with E-state index in [2.05, 4.69) is 24.5 Å². The molecule has 0 aromatic heterocycles. The molecule has 0 saturated heterocycles. The summed E-state index contributed by atoms with van der Waals surface area (Å²) in [5, 5.41) is 4.25. The van der Waals surface area contributed by atoms with Gasteiger partial charge in [0, 0.05) is 11.1 Å². The zero-order valence-corrected chi connectivity index (χ0v) is 9.93. The van der Waals surface area contributed by atoms with E-state index in [1.54, 1.807) is 0 Å². The van der Waals surface area contributed by atoms with Crippen LogP contribution < -0.4 is 5.32 Å². The third-order valence-corrected chi connectivity index (χ3v) is 3.69. The lowest BCUT2D eigenvalue weighted by molar-refractivity contribution is 0.423. The normalized spacial score (nSPS) is 25.7. The van der Waals surface area contributed by atoms with Crippen LogP contribution in [-0.2, 0) is 6.42 Å². The highest BCUT2D eigenvalue weighted by Crippen LogP contribution is 2.28. The summed E-state index contributed by atoms with van der Waals surface area (Å²) >= 11 is 5.87. The summed E-state index contributed by atoms with van der Waals surface area (Å²) in [6.45, 7) is 0. The monoisotopic (exact) mass is 223 g/mol. The molecule has 0 aliphatic heterocycles. The van der Waals surface area contributed by atoms with Crippen molar-refractivity contribution in [2.24, 2.45) is 5.92 Å². The number of halogens is 1. The van der Waals surface area contributed by atoms with Crippen LogP contribution in [-0.4, -0.2) is 13.1 Å². The van der Waals surface area contributed by atoms with Crippen LogP contribution >= 0.6 is 11.6 Å². The number of nitrogens with one attached hydrogen (secondary N) is 1. The molecule has 1 aliphatic carbocycles. The van der Waals surface area contributed by atoms with Crippen molar-refractivity contribution < 1.29 is 0 Å². The molecule has 2 heteroatoms. The van der Waals surface area contributed by atoms with Crippen molar-refractivity contribution in [2.75, 3.05) is 7.05 Å². The summed E-state index contributed by atoms with van der Waals surface area (Å²) in [5.74, 6) is 0.802. The second kappa shape index (κ2) is 5.00. The van der Waals surface area contributed by atoms with Crippen LogP contribution in [0.25, 0.3) is 0 Å². The van der Waals surface area contributed by atoms with Crippen LogP contribution in [0.3, 0.4) is 0 Å². The second-order valence-corrected chi connectivity index (χ2v) is 4.85. The molecule has 1 aliphatic rings. The predicted octanol–water partition coefficient (Wildman–Crippen LogP) is 3.27. The Morgan fingerprint density at radius 3 is 2.67 bits per heavy atom. The van der Waals surface area contributed by atoms with Crippen molar-refractivity contribution in [1.82, 2.24) is 5.32 Å². The number of benzene rings is 1. The molecule has 1 nitrogen and oxygen atoms in total. The first-order valence-corrected chi connectivity index (χ1v) is 6.09. The van der Waals surface area contributed by atoms with Crippen molar-refractivity contribution in [3.8, 4) is 0 Å². The van der Waals surface area contributed by atoms with Gasteiger partial charge in [-0.15, -0.1) is 0 Å². The van der Waals surface area contributed by atoms with Gasteiger partial charge in [0.05, 0.1) is 0 Å². The standard InChI is InChI=1S/C13H18ClN/c1-15-13-4-2-3-11(13)9-10-5-7-12(14)8-6-10/h5-8,11,13,15H,2-4,9H2,1H3. The molecule has 1 aromatic rings. The fourth-order valence-corrected chi connectivity index (χ4v) is 2.71. The fourth-order valence-electron chi connectivity index (χ4n) is 2.58. The van der Waals surface area contributed by atoms with E-state index in [0.717, 1.165) is 10.9 Å². The van der Waals surface area contributed by atoms with Gasteiger partial charge in [-0.25, -0.2) is 0 Å². The first-order valence-electron chi connectivity index (χ1n) is 5.71. The van der Waals surface area contributed by atoms with Gasteiger partial charge in [0.25, 0.3) is 0 Å². The molecule has 0 radical (unpaired) electrons. The minimum absolute atomic E-state index is 0.709. The highest BCUT2D eigenvalue weighted by molar-refractivity contribution is 6.30. The van der Waals surface area contributed by atoms with E-state index in [-0.39, 0.29) is 0 Å². The highest BCUT2D eigenvalue weighted by atomic mass is 35.5. The second-order valence-electron chi connectivity index (χ2n) is 4.42. The van der Waals surface area contributed by atoms with Gasteiger partial charge >= 0.3 is 0 Å². The van der Waals surface area contributed by atoms with Crippen molar-refractivity contribution in [3.63, 3.8) is 0 Å². The average molecular weight is 224 g/mol. The van der Waals surface area contributed by atoms with E-state index in [1.165, 1.54) is 31.2 Å². The molecular weight excluding hydrogens is 206 g/mol. The Bertz CT molecular complexity index is 307. The van der Waals surface area contributed by atoms with E-state index in [1.807, 2.05) is 12.1 Å². The van der Waals surface area contributed by atoms with Crippen LogP contribution in [0.5, 0.6) is 0 Å². The maximum Gasteiger partial charge on any atom is 0.0406 e. The molecule has 2 rings (SSSR count). The minimum atomic E-state index is 0.709. The SMILES string of the molecule is CNC1CCCC1Cc1ccc(Cl)cc1. The van der Waals surface area contributed by atoms with Gasteiger partial charge < -0.3 is 5.32 Å². The van der Waals surface area contributed by atoms with Crippen LogP contribution in [0.1, 0.15) is 24.8 Å². The summed E-state index contributed by atoms with van der Waals surface area (Å²) in [5.41, 5.74) is 1.41. The molecule has 0 bridgehead atoms. The van der Waals surface area contributed by atoms with Crippen molar-refractivity contribution in [1.29, 1.82) is 0 Å². The fraction of sp³-hybridized carbons (Fsp3) is 0.538. The maximum atomic E-state index is 5.87. The summed E-state index contributed by atoms with van der Waals surface area (Å²) in [7, 11) is 2.07. The van der Waals surface area contributed by atoms with Gasteiger partial charge in [0.2, 0.25) is 0 Å². The van der Waals surface area contributed by atoms with Gasteiger partial charge in [0.1, 0.15) is 0 Å². The molecule has 1 aromatic carbocycles. The summed E-state index contributed by atoms with van der Waals surface area (Å²) in [6.07, 6.45) is 5.23. The molecular formula is C13H18ClN. The van der Waals surface area contributed by atoms with Gasteiger partial charge in [-0.05, 0) is 49.9 Å². The Hall–Kier alpha value is -0.530. The molecule has 2 unspecified atom stereocenters. The molecule has 82 valence electrons. The van der Waals surface area contributed by atoms with E-state index in [9.17, 15) is 0 Å². The number of hydrogen-bond donors (Lipinski definition) is 1. The number of rotatable bonds is 3.